The molecule has 1 amide bonds. The fourth-order valence-corrected chi connectivity index (χ4v) is 4.62. The van der Waals surface area contributed by atoms with Gasteiger partial charge in [0.2, 0.25) is 0 Å². The summed E-state index contributed by atoms with van der Waals surface area (Å²) in [7, 11) is 1.65. The standard InChI is InChI=1S/C32H31N5O3/c1-5-40-26-13-11-24(12-14-26)30-18-28(27-8-6-7-9-29(27)34-30)32(38)35-33-19-23-10-15-31(39-4)25(17-23)20-37-22(3)16-21(2)36-37/h6-19H,5,20H2,1-4H3,(H,35,38). The van der Waals surface area contributed by atoms with E-state index in [4.69, 9.17) is 14.5 Å². The van der Waals surface area contributed by atoms with Crippen molar-refractivity contribution in [3.05, 3.63) is 107 Å². The lowest BCUT2D eigenvalue weighted by atomic mass is 10.0. The van der Waals surface area contributed by atoms with E-state index < -0.39 is 0 Å². The van der Waals surface area contributed by atoms with Crippen LogP contribution in [0.3, 0.4) is 0 Å². The number of carbonyl (C=O) groups excluding carboxylic acids is 1. The number of benzene rings is 3. The SMILES string of the molecule is CCOc1ccc(-c2cc(C(=O)NN=Cc3ccc(OC)c(Cn4nc(C)cc4C)c3)c3ccccc3n2)cc1. The third-order valence-corrected chi connectivity index (χ3v) is 6.53. The van der Waals surface area contributed by atoms with Gasteiger partial charge in [-0.05, 0) is 87.0 Å². The monoisotopic (exact) mass is 533 g/mol. The Morgan fingerprint density at radius 1 is 1.02 bits per heavy atom. The number of hydrogen-bond donors (Lipinski definition) is 1. The summed E-state index contributed by atoms with van der Waals surface area (Å²) in [5.41, 5.74) is 9.31. The lowest BCUT2D eigenvalue weighted by Crippen LogP contribution is -2.18. The highest BCUT2D eigenvalue weighted by atomic mass is 16.5. The molecular formula is C32H31N5O3. The van der Waals surface area contributed by atoms with Crippen LogP contribution < -0.4 is 14.9 Å². The number of hydrogen-bond acceptors (Lipinski definition) is 6. The van der Waals surface area contributed by atoms with Crippen LogP contribution in [0.2, 0.25) is 0 Å². The van der Waals surface area contributed by atoms with Crippen molar-refractivity contribution in [1.29, 1.82) is 0 Å². The molecule has 0 radical (unpaired) electrons. The average molecular weight is 534 g/mol. The number of aromatic nitrogens is 3. The van der Waals surface area contributed by atoms with Crippen molar-refractivity contribution in [3.63, 3.8) is 0 Å². The Kier molecular flexibility index (Phi) is 7.87. The zero-order valence-electron chi connectivity index (χ0n) is 23.0. The number of fused-ring (bicyclic) bond motifs is 1. The first-order valence-corrected chi connectivity index (χ1v) is 13.1. The lowest BCUT2D eigenvalue weighted by Gasteiger charge is -2.11. The van der Waals surface area contributed by atoms with Gasteiger partial charge in [-0.15, -0.1) is 0 Å². The highest BCUT2D eigenvalue weighted by molar-refractivity contribution is 6.07. The van der Waals surface area contributed by atoms with Gasteiger partial charge in [0.25, 0.3) is 5.91 Å². The summed E-state index contributed by atoms with van der Waals surface area (Å²) in [6, 6.07) is 24.9. The second-order valence-electron chi connectivity index (χ2n) is 9.38. The van der Waals surface area contributed by atoms with Crippen molar-refractivity contribution in [1.82, 2.24) is 20.2 Å². The fraction of sp³-hybridized carbons (Fsp3) is 0.188. The summed E-state index contributed by atoms with van der Waals surface area (Å²) in [5, 5.41) is 9.57. The second kappa shape index (κ2) is 11.8. The summed E-state index contributed by atoms with van der Waals surface area (Å²) in [5.74, 6) is 1.23. The Labute approximate surface area is 233 Å². The van der Waals surface area contributed by atoms with Crippen LogP contribution in [0.25, 0.3) is 22.2 Å². The van der Waals surface area contributed by atoms with Crippen molar-refractivity contribution in [2.45, 2.75) is 27.3 Å². The molecule has 0 unspecified atom stereocenters. The molecule has 40 heavy (non-hydrogen) atoms. The number of aryl methyl sites for hydroxylation is 2. The van der Waals surface area contributed by atoms with Crippen LogP contribution in [0.4, 0.5) is 0 Å². The highest BCUT2D eigenvalue weighted by Crippen LogP contribution is 2.27. The van der Waals surface area contributed by atoms with E-state index in [-0.39, 0.29) is 5.91 Å². The Hall–Kier alpha value is -4.98. The maximum absolute atomic E-state index is 13.3. The number of amides is 1. The average Bonchev–Trinajstić information content (AvgIpc) is 3.29. The highest BCUT2D eigenvalue weighted by Gasteiger charge is 2.14. The number of nitrogens with zero attached hydrogens (tertiary/aromatic N) is 4. The van der Waals surface area contributed by atoms with Crippen molar-refractivity contribution < 1.29 is 14.3 Å². The van der Waals surface area contributed by atoms with Crippen LogP contribution in [0.15, 0.2) is 84.0 Å². The molecule has 0 saturated heterocycles. The topological polar surface area (TPSA) is 90.6 Å². The van der Waals surface area contributed by atoms with E-state index in [0.717, 1.165) is 50.5 Å². The van der Waals surface area contributed by atoms with E-state index in [2.05, 4.69) is 15.6 Å². The van der Waals surface area contributed by atoms with E-state index in [0.29, 0.717) is 24.4 Å². The molecule has 0 fully saturated rings. The van der Waals surface area contributed by atoms with Gasteiger partial charge in [0, 0.05) is 22.2 Å². The predicted octanol–water partition coefficient (Wildman–Crippen LogP) is 5.93. The number of pyridine rings is 1. The first-order chi connectivity index (χ1) is 19.4. The smallest absolute Gasteiger partial charge is 0.272 e. The molecule has 0 saturated carbocycles. The number of methoxy groups -OCH3 is 1. The van der Waals surface area contributed by atoms with E-state index in [1.54, 1.807) is 19.4 Å². The van der Waals surface area contributed by atoms with Crippen molar-refractivity contribution >= 4 is 23.0 Å². The number of ether oxygens (including phenoxy) is 2. The second-order valence-corrected chi connectivity index (χ2v) is 9.38. The van der Waals surface area contributed by atoms with Gasteiger partial charge in [0.1, 0.15) is 11.5 Å². The van der Waals surface area contributed by atoms with Crippen LogP contribution in [-0.2, 0) is 6.54 Å². The molecule has 202 valence electrons. The molecule has 3 aromatic carbocycles. The molecule has 2 aromatic heterocycles. The molecule has 5 rings (SSSR count). The summed E-state index contributed by atoms with van der Waals surface area (Å²) in [4.78, 5) is 18.1. The van der Waals surface area contributed by atoms with Gasteiger partial charge in [-0.2, -0.15) is 10.2 Å². The van der Waals surface area contributed by atoms with E-state index in [1.807, 2.05) is 98.2 Å². The number of para-hydroxylation sites is 1. The van der Waals surface area contributed by atoms with Gasteiger partial charge in [0.05, 0.1) is 48.9 Å². The van der Waals surface area contributed by atoms with Crippen LogP contribution >= 0.6 is 0 Å². The van der Waals surface area contributed by atoms with Gasteiger partial charge in [-0.25, -0.2) is 10.4 Å². The van der Waals surface area contributed by atoms with Gasteiger partial charge in [-0.1, -0.05) is 18.2 Å². The predicted molar refractivity (Wildman–Crippen MR) is 157 cm³/mol. The molecule has 0 spiro atoms. The first-order valence-electron chi connectivity index (χ1n) is 13.1. The molecule has 8 heteroatoms. The Balaban J connectivity index is 1.38. The van der Waals surface area contributed by atoms with Crippen LogP contribution in [0.5, 0.6) is 11.5 Å². The van der Waals surface area contributed by atoms with Crippen LogP contribution in [0, 0.1) is 13.8 Å². The third kappa shape index (κ3) is 5.86. The van der Waals surface area contributed by atoms with Gasteiger partial charge >= 0.3 is 0 Å². The fourth-order valence-electron chi connectivity index (χ4n) is 4.62. The number of carbonyl (C=O) groups is 1. The quantitative estimate of drug-likeness (QED) is 0.187. The zero-order valence-corrected chi connectivity index (χ0v) is 23.0. The molecule has 0 aliphatic rings. The maximum Gasteiger partial charge on any atom is 0.272 e. The Morgan fingerprint density at radius 2 is 1.82 bits per heavy atom. The molecule has 0 aliphatic heterocycles. The van der Waals surface area contributed by atoms with Crippen molar-refractivity contribution in [3.8, 4) is 22.8 Å². The van der Waals surface area contributed by atoms with Crippen LogP contribution in [0.1, 0.15) is 39.8 Å². The lowest BCUT2D eigenvalue weighted by molar-refractivity contribution is 0.0956. The third-order valence-electron chi connectivity index (χ3n) is 6.53. The molecule has 5 aromatic rings. The van der Waals surface area contributed by atoms with Crippen molar-refractivity contribution in [2.24, 2.45) is 5.10 Å². The van der Waals surface area contributed by atoms with Gasteiger partial charge in [-0.3, -0.25) is 9.48 Å². The van der Waals surface area contributed by atoms with Crippen LogP contribution in [-0.4, -0.2) is 40.6 Å². The first kappa shape index (κ1) is 26.6. The molecule has 1 N–H and O–H groups in total. The maximum atomic E-state index is 13.3. The summed E-state index contributed by atoms with van der Waals surface area (Å²) in [6.45, 7) is 7.10. The van der Waals surface area contributed by atoms with E-state index >= 15 is 0 Å². The van der Waals surface area contributed by atoms with E-state index in [1.165, 1.54) is 0 Å². The minimum Gasteiger partial charge on any atom is -0.496 e. The molecule has 8 nitrogen and oxygen atoms in total. The molecule has 0 atom stereocenters. The number of rotatable bonds is 9. The number of nitrogens with one attached hydrogen (secondary N) is 1. The van der Waals surface area contributed by atoms with Gasteiger partial charge < -0.3 is 9.47 Å². The number of hydrazone groups is 1. The van der Waals surface area contributed by atoms with E-state index in [9.17, 15) is 4.79 Å². The minimum atomic E-state index is -0.321. The molecular weight excluding hydrogens is 502 g/mol. The van der Waals surface area contributed by atoms with Crippen molar-refractivity contribution in [2.75, 3.05) is 13.7 Å². The molecule has 0 aliphatic carbocycles. The Morgan fingerprint density at radius 3 is 2.55 bits per heavy atom. The largest absolute Gasteiger partial charge is 0.496 e. The zero-order chi connectivity index (χ0) is 28.1. The summed E-state index contributed by atoms with van der Waals surface area (Å²) in [6.07, 6.45) is 1.62. The Bertz CT molecular complexity index is 1690. The minimum absolute atomic E-state index is 0.321. The van der Waals surface area contributed by atoms with Gasteiger partial charge in [0.15, 0.2) is 0 Å². The molecule has 2 heterocycles. The summed E-state index contributed by atoms with van der Waals surface area (Å²) < 4.78 is 13.0. The normalized spacial score (nSPS) is 11.2. The summed E-state index contributed by atoms with van der Waals surface area (Å²) >= 11 is 0. The molecule has 0 bridgehead atoms.